The van der Waals surface area contributed by atoms with E-state index in [4.69, 9.17) is 9.97 Å². The molecule has 0 spiro atoms. The summed E-state index contributed by atoms with van der Waals surface area (Å²) in [6.07, 6.45) is 5.34. The molecule has 5 aromatic carbocycles. The molecular formula is C60H70N12O5. The fourth-order valence-electron chi connectivity index (χ4n) is 11.4. The van der Waals surface area contributed by atoms with E-state index in [0.717, 1.165) is 116 Å². The second kappa shape index (κ2) is 23.1. The first kappa shape index (κ1) is 52.4. The summed E-state index contributed by atoms with van der Waals surface area (Å²) in [7, 11) is 2.10. The highest BCUT2D eigenvalue weighted by Crippen LogP contribution is 2.40. The molecule has 17 heteroatoms. The average Bonchev–Trinajstić information content (AvgIpc) is 3.86. The molecule has 3 aliphatic heterocycles. The van der Waals surface area contributed by atoms with Gasteiger partial charge in [-0.1, -0.05) is 93.1 Å². The largest absolute Gasteiger partial charge is 0.508 e. The Bertz CT molecular complexity index is 3250. The van der Waals surface area contributed by atoms with E-state index in [9.17, 15) is 25.0 Å². The summed E-state index contributed by atoms with van der Waals surface area (Å²) in [5.41, 5.74) is 9.76. The first-order valence-electron chi connectivity index (χ1n) is 27.1. The smallest absolute Gasteiger partial charge is 0.319 e. The normalized spacial score (nSPS) is 15.1. The Balaban J connectivity index is 0.704. The van der Waals surface area contributed by atoms with Crippen molar-refractivity contribution in [3.8, 4) is 34.6 Å². The number of anilines is 3. The lowest BCUT2D eigenvalue weighted by Gasteiger charge is -2.38. The highest BCUT2D eigenvalue weighted by atomic mass is 16.3. The molecule has 0 atom stereocenters. The molecular weight excluding hydrogens is 969 g/mol. The van der Waals surface area contributed by atoms with Crippen molar-refractivity contribution >= 4 is 39.8 Å². The minimum atomic E-state index is -0.314. The van der Waals surface area contributed by atoms with Gasteiger partial charge in [0.25, 0.3) is 0 Å². The minimum Gasteiger partial charge on any atom is -0.508 e. The molecule has 5 heterocycles. The van der Waals surface area contributed by atoms with Gasteiger partial charge in [-0.3, -0.25) is 9.69 Å². The van der Waals surface area contributed by atoms with Crippen LogP contribution in [0.1, 0.15) is 85.9 Å². The molecule has 2 fully saturated rings. The van der Waals surface area contributed by atoms with Gasteiger partial charge in [-0.25, -0.2) is 9.55 Å². The number of nitrogens with one attached hydrogen (secondary N) is 1. The average molecular weight is 1040 g/mol. The SMILES string of the molecule is C=C(CCNc1nc2c(c(N3CCN(C(=O)CC)CC3)n1)CCN(c1cc(O)cc3ccccc13)C2)N1CCC(Cc2ccc(CN(C)Cc3ccc(-n4c(O)nnc4-c4cc(C(C)C)c(N=O)cc4O)cc3)cc2)CC1. The highest BCUT2D eigenvalue weighted by Gasteiger charge is 2.30. The Labute approximate surface area is 450 Å². The van der Waals surface area contributed by atoms with E-state index in [-0.39, 0.29) is 40.8 Å². The molecule has 2 aromatic heterocycles. The number of hydrogen-bond acceptors (Lipinski definition) is 15. The van der Waals surface area contributed by atoms with Gasteiger partial charge in [0, 0.05) is 113 Å². The Kier molecular flexibility index (Phi) is 15.7. The number of phenols is 2. The predicted octanol–water partition coefficient (Wildman–Crippen LogP) is 10.0. The molecule has 7 aromatic rings. The molecule has 4 N–H and O–H groups in total. The van der Waals surface area contributed by atoms with E-state index in [2.05, 4.69) is 84.2 Å². The third kappa shape index (κ3) is 11.7. The van der Waals surface area contributed by atoms with Crippen LogP contribution >= 0.6 is 0 Å². The van der Waals surface area contributed by atoms with Gasteiger partial charge in [-0.15, -0.1) is 10.0 Å². The van der Waals surface area contributed by atoms with Gasteiger partial charge in [0.05, 0.1) is 23.5 Å². The van der Waals surface area contributed by atoms with E-state index in [1.165, 1.54) is 21.8 Å². The molecule has 0 bridgehead atoms. The van der Waals surface area contributed by atoms with Crippen LogP contribution in [0.5, 0.6) is 17.5 Å². The summed E-state index contributed by atoms with van der Waals surface area (Å²) in [6.45, 7) is 18.6. The second-order valence-corrected chi connectivity index (χ2v) is 21.2. The zero-order valence-corrected chi connectivity index (χ0v) is 44.7. The number of hydrogen-bond donors (Lipinski definition) is 4. The van der Waals surface area contributed by atoms with Gasteiger partial charge in [-0.05, 0) is 102 Å². The van der Waals surface area contributed by atoms with E-state index in [1.54, 1.807) is 6.07 Å². The first-order chi connectivity index (χ1) is 37.3. The summed E-state index contributed by atoms with van der Waals surface area (Å²) >= 11 is 0. The number of benzene rings is 5. The number of nitroso groups, excluding NO2 is 1. The van der Waals surface area contributed by atoms with Gasteiger partial charge in [0.1, 0.15) is 23.0 Å². The van der Waals surface area contributed by atoms with Crippen LogP contribution in [0.3, 0.4) is 0 Å². The molecule has 1 amide bonds. The standard InChI is InChI=1S/C60H70N12O5/c1-6-56(75)69-27-29-70(30-28-69)57-49-22-26-71(54-33-47(73)32-45-9-7-8-10-48(45)54)38-53(49)62-59(63-57)61-23-19-40(4)68-24-20-42(21-25-68)31-41-11-13-43(14-12-41)36-67(5)37-44-15-17-46(18-16-44)72-58(64-65-60(72)76)51-34-50(39(2)3)52(66-77)35-55(51)74/h7-18,32-35,39,42,73-74H,4,6,19-31,36-38H2,1-3,5H3,(H,65,76)(H,61,62,63). The van der Waals surface area contributed by atoms with Gasteiger partial charge in [-0.2, -0.15) is 4.98 Å². The lowest BCUT2D eigenvalue weighted by molar-refractivity contribution is -0.131. The van der Waals surface area contributed by atoms with Crippen molar-refractivity contribution in [2.75, 3.05) is 74.5 Å². The molecule has 10 rings (SSSR count). The maximum atomic E-state index is 12.5. The molecule has 0 saturated carbocycles. The van der Waals surface area contributed by atoms with Crippen molar-refractivity contribution in [1.29, 1.82) is 0 Å². The van der Waals surface area contributed by atoms with Crippen LogP contribution in [0.2, 0.25) is 0 Å². The maximum Gasteiger partial charge on any atom is 0.319 e. The van der Waals surface area contributed by atoms with Crippen molar-refractivity contribution < 1.29 is 20.1 Å². The number of carbonyl (C=O) groups is 1. The van der Waals surface area contributed by atoms with Crippen molar-refractivity contribution in [3.05, 3.63) is 148 Å². The fourth-order valence-corrected chi connectivity index (χ4v) is 11.4. The number of carbonyl (C=O) groups excluding carboxylic acids is 1. The number of aromatic nitrogens is 5. The van der Waals surface area contributed by atoms with Crippen LogP contribution in [-0.4, -0.2) is 120 Å². The molecule has 77 heavy (non-hydrogen) atoms. The van der Waals surface area contributed by atoms with Gasteiger partial charge in [0.2, 0.25) is 11.9 Å². The number of aromatic hydroxyl groups is 3. The first-order valence-corrected chi connectivity index (χ1v) is 27.1. The molecule has 0 aliphatic carbocycles. The van der Waals surface area contributed by atoms with E-state index in [0.29, 0.717) is 67.8 Å². The lowest BCUT2D eigenvalue weighted by atomic mass is 9.89. The number of amides is 1. The number of phenolic OH excluding ortho intramolecular Hbond substituents is 2. The summed E-state index contributed by atoms with van der Waals surface area (Å²) in [5.74, 6) is 2.66. The molecule has 2 saturated heterocycles. The van der Waals surface area contributed by atoms with Crippen molar-refractivity contribution in [3.63, 3.8) is 0 Å². The van der Waals surface area contributed by atoms with Crippen LogP contribution in [0.15, 0.2) is 115 Å². The van der Waals surface area contributed by atoms with Crippen molar-refractivity contribution in [1.82, 2.24) is 39.4 Å². The van der Waals surface area contributed by atoms with Crippen molar-refractivity contribution in [2.45, 2.75) is 84.8 Å². The summed E-state index contributed by atoms with van der Waals surface area (Å²) in [5, 5.41) is 49.0. The van der Waals surface area contributed by atoms with E-state index in [1.807, 2.05) is 80.3 Å². The Morgan fingerprint density at radius 3 is 2.22 bits per heavy atom. The number of likely N-dealkylation sites (tertiary alicyclic amines) is 1. The number of piperazine rings is 1. The van der Waals surface area contributed by atoms with Crippen molar-refractivity contribution in [2.24, 2.45) is 11.1 Å². The fraction of sp³-hybridized carbons (Fsp3) is 0.383. The highest BCUT2D eigenvalue weighted by molar-refractivity contribution is 5.95. The Hall–Kier alpha value is -8.05. The lowest BCUT2D eigenvalue weighted by Crippen LogP contribution is -2.49. The molecule has 0 unspecified atom stereocenters. The molecule has 3 aliphatic rings. The van der Waals surface area contributed by atoms with Crippen LogP contribution in [0.25, 0.3) is 27.8 Å². The van der Waals surface area contributed by atoms with Crippen LogP contribution in [-0.2, 0) is 37.3 Å². The Morgan fingerprint density at radius 1 is 0.818 bits per heavy atom. The number of fused-ring (bicyclic) bond motifs is 2. The second-order valence-electron chi connectivity index (χ2n) is 21.2. The molecule has 400 valence electrons. The minimum absolute atomic E-state index is 0.0273. The zero-order valence-electron chi connectivity index (χ0n) is 44.7. The number of piperidine rings is 1. The number of rotatable bonds is 18. The van der Waals surface area contributed by atoms with Crippen LogP contribution in [0.4, 0.5) is 23.1 Å². The van der Waals surface area contributed by atoms with Gasteiger partial charge in [0.15, 0.2) is 5.82 Å². The predicted molar refractivity (Wildman–Crippen MR) is 303 cm³/mol. The summed E-state index contributed by atoms with van der Waals surface area (Å²) in [4.78, 5) is 45.6. The molecule has 17 nitrogen and oxygen atoms in total. The van der Waals surface area contributed by atoms with E-state index >= 15 is 0 Å². The van der Waals surface area contributed by atoms with E-state index < -0.39 is 0 Å². The summed E-state index contributed by atoms with van der Waals surface area (Å²) < 4.78 is 1.48. The topological polar surface area (TPSA) is 192 Å². The quantitative estimate of drug-likeness (QED) is 0.0594. The van der Waals surface area contributed by atoms with Gasteiger partial charge < -0.3 is 40.2 Å². The summed E-state index contributed by atoms with van der Waals surface area (Å²) in [6, 6.07) is 31.4. The molecule has 0 radical (unpaired) electrons. The van der Waals surface area contributed by atoms with Crippen LogP contribution in [0, 0.1) is 10.8 Å². The van der Waals surface area contributed by atoms with Crippen LogP contribution < -0.4 is 15.1 Å². The van der Waals surface area contributed by atoms with Gasteiger partial charge >= 0.3 is 6.01 Å². The monoisotopic (exact) mass is 1040 g/mol. The Morgan fingerprint density at radius 2 is 1.52 bits per heavy atom. The maximum absolute atomic E-state index is 12.5. The zero-order chi connectivity index (χ0) is 53.7. The third-order valence-electron chi connectivity index (χ3n) is 15.6. The third-order valence-corrected chi connectivity index (χ3v) is 15.6. The number of nitrogens with zero attached hydrogens (tertiary/aromatic N) is 11.